The van der Waals surface area contributed by atoms with E-state index in [-0.39, 0.29) is 23.8 Å². The molecule has 2 aromatic rings. The molecule has 0 radical (unpaired) electrons. The van der Waals surface area contributed by atoms with E-state index in [2.05, 4.69) is 15.6 Å². The average molecular weight is 396 g/mol. The minimum Gasteiger partial charge on any atom is -0.338 e. The molecule has 1 aromatic heterocycles. The summed E-state index contributed by atoms with van der Waals surface area (Å²) in [4.78, 5) is 38.9. The van der Waals surface area contributed by atoms with Gasteiger partial charge in [-0.2, -0.15) is 0 Å². The molecule has 2 fully saturated rings. The Kier molecular flexibility index (Phi) is 5.28. The lowest BCUT2D eigenvalue weighted by Gasteiger charge is -2.39. The molecule has 0 unspecified atom stereocenters. The van der Waals surface area contributed by atoms with Crippen molar-refractivity contribution in [1.29, 1.82) is 0 Å². The van der Waals surface area contributed by atoms with E-state index in [4.69, 9.17) is 0 Å². The molecule has 0 aliphatic carbocycles. The summed E-state index contributed by atoms with van der Waals surface area (Å²) in [6.07, 6.45) is 3.72. The topological polar surface area (TPSA) is 100 Å². The Morgan fingerprint density at radius 2 is 1.97 bits per heavy atom. The zero-order chi connectivity index (χ0) is 20.4. The molecule has 4 rings (SSSR count). The highest BCUT2D eigenvalue weighted by molar-refractivity contribution is 5.88. The van der Waals surface area contributed by atoms with Gasteiger partial charge in [0.15, 0.2) is 0 Å². The van der Waals surface area contributed by atoms with Gasteiger partial charge in [0.25, 0.3) is 0 Å². The van der Waals surface area contributed by atoms with Crippen molar-refractivity contribution < 1.29 is 14.4 Å². The van der Waals surface area contributed by atoms with Crippen molar-refractivity contribution in [3.8, 4) is 0 Å². The van der Waals surface area contributed by atoms with Gasteiger partial charge in [0.2, 0.25) is 17.7 Å². The third-order valence-corrected chi connectivity index (χ3v) is 5.30. The number of benzene rings is 1. The summed E-state index contributed by atoms with van der Waals surface area (Å²) < 4.78 is 1.79. The highest BCUT2D eigenvalue weighted by Crippen LogP contribution is 2.22. The molecule has 9 heteroatoms. The second-order valence-corrected chi connectivity index (χ2v) is 7.62. The summed E-state index contributed by atoms with van der Waals surface area (Å²) in [6, 6.07) is 7.42. The number of hydrogen-bond donors (Lipinski definition) is 1. The molecule has 3 heterocycles. The van der Waals surface area contributed by atoms with Crippen molar-refractivity contribution in [2.75, 3.05) is 25.0 Å². The Bertz CT molecular complexity index is 917. The molecule has 2 aliphatic heterocycles. The maximum atomic E-state index is 12.5. The van der Waals surface area contributed by atoms with Crippen molar-refractivity contribution >= 4 is 23.4 Å². The molecule has 3 amide bonds. The molecule has 0 bridgehead atoms. The monoisotopic (exact) mass is 396 g/mol. The van der Waals surface area contributed by atoms with Crippen molar-refractivity contribution in [1.82, 2.24) is 24.8 Å². The third kappa shape index (κ3) is 4.44. The molecule has 0 atom stereocenters. The van der Waals surface area contributed by atoms with E-state index < -0.39 is 0 Å². The summed E-state index contributed by atoms with van der Waals surface area (Å²) in [7, 11) is 0. The number of hydrogen-bond acceptors (Lipinski definition) is 5. The lowest BCUT2D eigenvalue weighted by atomic mass is 10.1. The normalized spacial score (nSPS) is 16.8. The van der Waals surface area contributed by atoms with Crippen LogP contribution in [0.15, 0.2) is 30.5 Å². The standard InChI is InChI=1S/C20H24N6O3/c1-14(27)21-16-6-4-15(5-7-16)9-20(29)25-12-18(13-25)26-11-17(22-23-26)10-24-8-2-3-19(24)28/h4-7,11,18H,2-3,8-10,12-13H2,1H3,(H,21,27). The van der Waals surface area contributed by atoms with Gasteiger partial charge in [0.05, 0.1) is 25.2 Å². The molecular formula is C20H24N6O3. The predicted molar refractivity (Wildman–Crippen MR) is 105 cm³/mol. The number of amides is 3. The maximum Gasteiger partial charge on any atom is 0.227 e. The molecule has 2 saturated heterocycles. The lowest BCUT2D eigenvalue weighted by Crippen LogP contribution is -2.51. The summed E-state index contributed by atoms with van der Waals surface area (Å²) >= 11 is 0. The maximum absolute atomic E-state index is 12.5. The van der Waals surface area contributed by atoms with Crippen LogP contribution < -0.4 is 5.32 Å². The lowest BCUT2D eigenvalue weighted by molar-refractivity contribution is -0.136. The van der Waals surface area contributed by atoms with Gasteiger partial charge in [0.1, 0.15) is 5.69 Å². The molecule has 0 saturated carbocycles. The first kappa shape index (κ1) is 19.1. The molecule has 1 aromatic carbocycles. The first-order valence-corrected chi connectivity index (χ1v) is 9.81. The zero-order valence-electron chi connectivity index (χ0n) is 16.4. The van der Waals surface area contributed by atoms with E-state index in [9.17, 15) is 14.4 Å². The van der Waals surface area contributed by atoms with Gasteiger partial charge in [-0.1, -0.05) is 17.3 Å². The molecular weight excluding hydrogens is 372 g/mol. The smallest absolute Gasteiger partial charge is 0.227 e. The van der Waals surface area contributed by atoms with E-state index in [0.29, 0.717) is 32.5 Å². The van der Waals surface area contributed by atoms with E-state index in [0.717, 1.165) is 29.9 Å². The fourth-order valence-electron chi connectivity index (χ4n) is 3.65. The van der Waals surface area contributed by atoms with Crippen molar-refractivity contribution in [2.45, 2.75) is 38.8 Å². The Morgan fingerprint density at radius 1 is 1.21 bits per heavy atom. The van der Waals surface area contributed by atoms with Crippen LogP contribution in [0.3, 0.4) is 0 Å². The number of anilines is 1. The van der Waals surface area contributed by atoms with Crippen LogP contribution in [0.2, 0.25) is 0 Å². The second-order valence-electron chi connectivity index (χ2n) is 7.62. The van der Waals surface area contributed by atoms with E-state index >= 15 is 0 Å². The fourth-order valence-corrected chi connectivity index (χ4v) is 3.65. The summed E-state index contributed by atoms with van der Waals surface area (Å²) in [6.45, 7) is 3.95. The molecule has 29 heavy (non-hydrogen) atoms. The van der Waals surface area contributed by atoms with Crippen LogP contribution in [0.4, 0.5) is 5.69 Å². The minimum absolute atomic E-state index is 0.0662. The predicted octanol–water partition coefficient (Wildman–Crippen LogP) is 0.985. The van der Waals surface area contributed by atoms with Crippen LogP contribution in [-0.2, 0) is 27.3 Å². The van der Waals surface area contributed by atoms with Gasteiger partial charge in [-0.05, 0) is 24.1 Å². The number of carbonyl (C=O) groups excluding carboxylic acids is 3. The van der Waals surface area contributed by atoms with Crippen molar-refractivity contribution in [2.24, 2.45) is 0 Å². The highest BCUT2D eigenvalue weighted by Gasteiger charge is 2.33. The summed E-state index contributed by atoms with van der Waals surface area (Å²) in [5, 5.41) is 11.1. The van der Waals surface area contributed by atoms with Crippen molar-refractivity contribution in [3.05, 3.63) is 41.7 Å². The molecule has 1 N–H and O–H groups in total. The number of nitrogens with zero attached hydrogens (tertiary/aromatic N) is 5. The number of aromatic nitrogens is 3. The Morgan fingerprint density at radius 3 is 2.62 bits per heavy atom. The van der Waals surface area contributed by atoms with Crippen LogP contribution in [0, 0.1) is 0 Å². The van der Waals surface area contributed by atoms with Gasteiger partial charge < -0.3 is 15.1 Å². The molecule has 0 spiro atoms. The van der Waals surface area contributed by atoms with Gasteiger partial charge in [-0.25, -0.2) is 4.68 Å². The molecule has 9 nitrogen and oxygen atoms in total. The van der Waals surface area contributed by atoms with Crippen LogP contribution in [0.25, 0.3) is 0 Å². The average Bonchev–Trinajstić information content (AvgIpc) is 3.25. The van der Waals surface area contributed by atoms with Gasteiger partial charge in [-0.3, -0.25) is 14.4 Å². The number of rotatable bonds is 6. The van der Waals surface area contributed by atoms with Crippen LogP contribution in [-0.4, -0.2) is 62.1 Å². The van der Waals surface area contributed by atoms with Gasteiger partial charge >= 0.3 is 0 Å². The quantitative estimate of drug-likeness (QED) is 0.785. The van der Waals surface area contributed by atoms with Gasteiger partial charge in [0, 0.05) is 38.7 Å². The van der Waals surface area contributed by atoms with Crippen LogP contribution >= 0.6 is 0 Å². The second kappa shape index (κ2) is 8.02. The fraction of sp³-hybridized carbons (Fsp3) is 0.450. The molecule has 2 aliphatic rings. The Hall–Kier alpha value is -3.23. The van der Waals surface area contributed by atoms with E-state index in [1.807, 2.05) is 23.2 Å². The number of nitrogens with one attached hydrogen (secondary N) is 1. The van der Waals surface area contributed by atoms with E-state index in [1.165, 1.54) is 6.92 Å². The first-order chi connectivity index (χ1) is 14.0. The SMILES string of the molecule is CC(=O)Nc1ccc(CC(=O)N2CC(n3cc(CN4CCCC4=O)nn3)C2)cc1. The Labute approximate surface area is 168 Å². The summed E-state index contributed by atoms with van der Waals surface area (Å²) in [5.74, 6) is 0.116. The van der Waals surface area contributed by atoms with E-state index in [1.54, 1.807) is 21.7 Å². The number of likely N-dealkylation sites (tertiary alicyclic amines) is 2. The highest BCUT2D eigenvalue weighted by atomic mass is 16.2. The van der Waals surface area contributed by atoms with Gasteiger partial charge in [-0.15, -0.1) is 5.10 Å². The zero-order valence-corrected chi connectivity index (χ0v) is 16.4. The van der Waals surface area contributed by atoms with Crippen LogP contribution in [0.5, 0.6) is 0 Å². The third-order valence-electron chi connectivity index (χ3n) is 5.30. The van der Waals surface area contributed by atoms with Crippen molar-refractivity contribution in [3.63, 3.8) is 0 Å². The minimum atomic E-state index is -0.122. The summed E-state index contributed by atoms with van der Waals surface area (Å²) in [5.41, 5.74) is 2.41. The van der Waals surface area contributed by atoms with Crippen LogP contribution in [0.1, 0.15) is 37.1 Å². The first-order valence-electron chi connectivity index (χ1n) is 9.81. The Balaban J connectivity index is 1.26. The molecule has 152 valence electrons. The largest absolute Gasteiger partial charge is 0.338 e. The number of carbonyl (C=O) groups is 3.